The van der Waals surface area contributed by atoms with E-state index in [1.165, 1.54) is 6.07 Å². The summed E-state index contributed by atoms with van der Waals surface area (Å²) in [7, 11) is 0. The third-order valence-corrected chi connectivity index (χ3v) is 4.49. The minimum Gasteiger partial charge on any atom is -0.486 e. The second-order valence-electron chi connectivity index (χ2n) is 6.70. The molecule has 1 heterocycles. The lowest BCUT2D eigenvalue weighted by atomic mass is 10.1. The van der Waals surface area contributed by atoms with Crippen molar-refractivity contribution in [2.75, 3.05) is 6.61 Å². The number of benzene rings is 2. The van der Waals surface area contributed by atoms with Gasteiger partial charge in [-0.05, 0) is 18.6 Å². The summed E-state index contributed by atoms with van der Waals surface area (Å²) in [5.41, 5.74) is 0.543. The van der Waals surface area contributed by atoms with Crippen LogP contribution in [0, 0.1) is 11.6 Å². The van der Waals surface area contributed by atoms with E-state index in [1.807, 2.05) is 6.07 Å². The molecule has 1 atom stereocenters. The van der Waals surface area contributed by atoms with Gasteiger partial charge in [0.2, 0.25) is 0 Å². The van der Waals surface area contributed by atoms with Gasteiger partial charge >= 0.3 is 5.97 Å². The van der Waals surface area contributed by atoms with Crippen molar-refractivity contribution in [2.45, 2.75) is 26.2 Å². The fraction of sp³-hybridized carbons (Fsp3) is 0.217. The second-order valence-corrected chi connectivity index (χ2v) is 6.70. The number of hydrogen-bond acceptors (Lipinski definition) is 6. The van der Waals surface area contributed by atoms with Gasteiger partial charge in [-0.15, -0.1) is 0 Å². The Labute approximate surface area is 182 Å². The lowest BCUT2D eigenvalue weighted by Crippen LogP contribution is -2.35. The maximum atomic E-state index is 13.8. The largest absolute Gasteiger partial charge is 0.486 e. The molecule has 2 aromatic rings. The Morgan fingerprint density at radius 1 is 1.16 bits per heavy atom. The monoisotopic (exact) mass is 445 g/mol. The fourth-order valence-corrected chi connectivity index (χ4v) is 2.86. The number of nitrogens with one attached hydrogen (secondary N) is 1. The lowest BCUT2D eigenvalue weighted by molar-refractivity contribution is -0.143. The summed E-state index contributed by atoms with van der Waals surface area (Å²) in [5, 5.41) is 13.1. The maximum Gasteiger partial charge on any atom is 0.377 e. The molecule has 1 aliphatic rings. The van der Waals surface area contributed by atoms with Gasteiger partial charge in [0.15, 0.2) is 5.76 Å². The Morgan fingerprint density at radius 2 is 1.91 bits per heavy atom. The zero-order valence-corrected chi connectivity index (χ0v) is 17.1. The Balaban J connectivity index is 1.75. The molecule has 0 bridgehead atoms. The summed E-state index contributed by atoms with van der Waals surface area (Å²) in [6.07, 6.45) is -0.729. The first-order chi connectivity index (χ1) is 15.4. The molecular formula is C23H21F2NO6. The van der Waals surface area contributed by atoms with Crippen molar-refractivity contribution in [3.8, 4) is 0 Å². The van der Waals surface area contributed by atoms with Gasteiger partial charge in [-0.2, -0.15) is 0 Å². The lowest BCUT2D eigenvalue weighted by Gasteiger charge is -2.24. The number of halogens is 2. The van der Waals surface area contributed by atoms with Crippen LogP contribution in [-0.2, 0) is 37.0 Å². The van der Waals surface area contributed by atoms with Crippen LogP contribution in [0.4, 0.5) is 8.78 Å². The number of hydrogen-bond donors (Lipinski definition) is 2. The van der Waals surface area contributed by atoms with E-state index in [4.69, 9.17) is 14.2 Å². The fourth-order valence-electron chi connectivity index (χ4n) is 2.86. The Morgan fingerprint density at radius 3 is 2.59 bits per heavy atom. The number of esters is 1. The highest BCUT2D eigenvalue weighted by atomic mass is 19.1. The third kappa shape index (κ3) is 5.50. The molecule has 0 saturated heterocycles. The molecular weight excluding hydrogens is 424 g/mol. The van der Waals surface area contributed by atoms with E-state index in [1.54, 1.807) is 31.2 Å². The summed E-state index contributed by atoms with van der Waals surface area (Å²) < 4.78 is 42.6. The number of amides is 1. The zero-order valence-electron chi connectivity index (χ0n) is 17.1. The molecule has 3 rings (SSSR count). The molecule has 7 nitrogen and oxygen atoms in total. The molecule has 0 fully saturated rings. The summed E-state index contributed by atoms with van der Waals surface area (Å²) in [6.45, 7) is 1.40. The van der Waals surface area contributed by atoms with Crippen LogP contribution in [0.5, 0.6) is 0 Å². The van der Waals surface area contributed by atoms with Crippen LogP contribution in [0.2, 0.25) is 0 Å². The third-order valence-electron chi connectivity index (χ3n) is 4.49. The molecule has 168 valence electrons. The van der Waals surface area contributed by atoms with E-state index in [0.29, 0.717) is 6.07 Å². The molecule has 0 aliphatic carbocycles. The van der Waals surface area contributed by atoms with Crippen molar-refractivity contribution >= 4 is 11.9 Å². The average Bonchev–Trinajstić information content (AvgIpc) is 2.78. The second kappa shape index (κ2) is 10.5. The summed E-state index contributed by atoms with van der Waals surface area (Å²) in [4.78, 5) is 24.8. The highest BCUT2D eigenvalue weighted by Gasteiger charge is 2.35. The zero-order chi connectivity index (χ0) is 23.1. The number of ether oxygens (including phenoxy) is 3. The molecule has 1 amide bonds. The first kappa shape index (κ1) is 23.0. The number of aliphatic hydroxyl groups excluding tert-OH is 1. The van der Waals surface area contributed by atoms with Crippen LogP contribution in [-0.4, -0.2) is 29.7 Å². The Bertz CT molecular complexity index is 1050. The molecule has 1 aliphatic heterocycles. The minimum atomic E-state index is -1.63. The van der Waals surface area contributed by atoms with Crippen LogP contribution in [0.1, 0.15) is 18.1 Å². The Kier molecular flexibility index (Phi) is 7.56. The van der Waals surface area contributed by atoms with Gasteiger partial charge in [-0.25, -0.2) is 13.6 Å². The summed E-state index contributed by atoms with van der Waals surface area (Å²) in [5.74, 6) is -3.88. The molecule has 2 aromatic carbocycles. The number of aliphatic hydroxyl groups is 1. The van der Waals surface area contributed by atoms with Crippen molar-refractivity contribution in [3.63, 3.8) is 0 Å². The van der Waals surface area contributed by atoms with Gasteiger partial charge in [-0.1, -0.05) is 36.4 Å². The van der Waals surface area contributed by atoms with E-state index in [2.05, 4.69) is 5.32 Å². The van der Waals surface area contributed by atoms with Crippen LogP contribution in [0.15, 0.2) is 71.9 Å². The van der Waals surface area contributed by atoms with E-state index in [0.717, 1.165) is 17.9 Å². The molecule has 0 spiro atoms. The minimum absolute atomic E-state index is 0.00477. The van der Waals surface area contributed by atoms with Gasteiger partial charge < -0.3 is 24.6 Å². The van der Waals surface area contributed by atoms with Crippen molar-refractivity contribution < 1.29 is 37.7 Å². The van der Waals surface area contributed by atoms with Crippen molar-refractivity contribution in [3.05, 3.63) is 94.6 Å². The van der Waals surface area contributed by atoms with Crippen LogP contribution >= 0.6 is 0 Å². The normalized spacial score (nSPS) is 15.5. The molecule has 2 N–H and O–H groups in total. The summed E-state index contributed by atoms with van der Waals surface area (Å²) in [6, 6.07) is 11.9. The predicted molar refractivity (Wildman–Crippen MR) is 108 cm³/mol. The van der Waals surface area contributed by atoms with Crippen molar-refractivity contribution in [1.82, 2.24) is 5.32 Å². The van der Waals surface area contributed by atoms with Crippen LogP contribution < -0.4 is 5.32 Å². The first-order valence-corrected chi connectivity index (χ1v) is 9.75. The van der Waals surface area contributed by atoms with Gasteiger partial charge in [0, 0.05) is 18.2 Å². The van der Waals surface area contributed by atoms with Gasteiger partial charge in [-0.3, -0.25) is 4.79 Å². The molecule has 0 saturated carbocycles. The molecule has 0 radical (unpaired) electrons. The van der Waals surface area contributed by atoms with Crippen LogP contribution in [0.3, 0.4) is 0 Å². The van der Waals surface area contributed by atoms with E-state index >= 15 is 0 Å². The topological polar surface area (TPSA) is 94.1 Å². The predicted octanol–water partition coefficient (Wildman–Crippen LogP) is 2.85. The average molecular weight is 445 g/mol. The number of carbonyl (C=O) groups is 2. The Hall–Kier alpha value is -3.72. The highest BCUT2D eigenvalue weighted by molar-refractivity contribution is 5.96. The van der Waals surface area contributed by atoms with E-state index < -0.39 is 29.6 Å². The van der Waals surface area contributed by atoms with Crippen LogP contribution in [0.25, 0.3) is 0 Å². The first-order valence-electron chi connectivity index (χ1n) is 9.75. The van der Waals surface area contributed by atoms with E-state index in [-0.39, 0.29) is 42.4 Å². The molecule has 32 heavy (non-hydrogen) atoms. The summed E-state index contributed by atoms with van der Waals surface area (Å²) >= 11 is 0. The van der Waals surface area contributed by atoms with Gasteiger partial charge in [0.25, 0.3) is 11.7 Å². The maximum absolute atomic E-state index is 13.8. The number of rotatable bonds is 8. The van der Waals surface area contributed by atoms with E-state index in [9.17, 15) is 23.5 Å². The molecule has 1 unspecified atom stereocenters. The van der Waals surface area contributed by atoms with Crippen molar-refractivity contribution in [1.29, 1.82) is 0 Å². The molecule has 0 aromatic heterocycles. The van der Waals surface area contributed by atoms with Crippen molar-refractivity contribution in [2.24, 2.45) is 0 Å². The standard InChI is InChI=1S/C23H21F2NO6/c1-2-30-23(29)21-20(31-12-14-6-4-3-5-7-14)19(27)17(13-32-21)22(28)26-11-15-8-9-16(24)10-18(15)25/h3-10,13,19,27H,2,11-12H2,1H3,(H,26,28). The smallest absolute Gasteiger partial charge is 0.377 e. The quantitative estimate of drug-likeness (QED) is 0.607. The SMILES string of the molecule is CCOC(=O)C1=C(OCc2ccccc2)C(O)C(C(=O)NCc2ccc(F)cc2F)=CO1. The highest BCUT2D eigenvalue weighted by Crippen LogP contribution is 2.27. The van der Waals surface area contributed by atoms with Gasteiger partial charge in [0.05, 0.1) is 12.2 Å². The number of carbonyl (C=O) groups excluding carboxylic acids is 2. The van der Waals surface area contributed by atoms with Gasteiger partial charge in [0.1, 0.15) is 30.6 Å². The molecule has 9 heteroatoms.